The summed E-state index contributed by atoms with van der Waals surface area (Å²) in [4.78, 5) is 21.4. The molecular weight excluding hydrogens is 398 g/mol. The highest BCUT2D eigenvalue weighted by Gasteiger charge is 2.28. The molecule has 3 aromatic rings. The highest BCUT2D eigenvalue weighted by Crippen LogP contribution is 2.29. The van der Waals surface area contributed by atoms with E-state index in [2.05, 4.69) is 4.98 Å². The summed E-state index contributed by atoms with van der Waals surface area (Å²) in [5, 5.41) is 0. The smallest absolute Gasteiger partial charge is 0.274 e. The van der Waals surface area contributed by atoms with Gasteiger partial charge in [-0.1, -0.05) is 24.3 Å². The van der Waals surface area contributed by atoms with Crippen LogP contribution in [0.3, 0.4) is 0 Å². The van der Waals surface area contributed by atoms with Gasteiger partial charge in [0, 0.05) is 51.3 Å². The first-order chi connectivity index (χ1) is 15.1. The lowest BCUT2D eigenvalue weighted by Gasteiger charge is -2.35. The maximum absolute atomic E-state index is 14.0. The predicted octanol–water partition coefficient (Wildman–Crippen LogP) is 3.85. The molecule has 1 aromatic heterocycles. The van der Waals surface area contributed by atoms with Gasteiger partial charge in [0.1, 0.15) is 23.2 Å². The second kappa shape index (κ2) is 8.13. The van der Waals surface area contributed by atoms with E-state index in [4.69, 9.17) is 0 Å². The zero-order valence-electron chi connectivity index (χ0n) is 17.2. The quantitative estimate of drug-likeness (QED) is 0.644. The van der Waals surface area contributed by atoms with E-state index in [1.807, 2.05) is 27.8 Å². The molecule has 1 atom stereocenters. The lowest BCUT2D eigenvalue weighted by atomic mass is 9.91. The van der Waals surface area contributed by atoms with E-state index in [0.717, 1.165) is 24.2 Å². The molecular formula is C24H24F2N4O. The average Bonchev–Trinajstić information content (AvgIpc) is 3.22. The number of carbonyl (C=O) groups is 1. The maximum atomic E-state index is 14.0. The summed E-state index contributed by atoms with van der Waals surface area (Å²) in [5.41, 5.74) is 2.01. The van der Waals surface area contributed by atoms with E-state index in [9.17, 15) is 13.6 Å². The Balaban J connectivity index is 1.25. The SMILES string of the molecule is O=C(c1cn2c(n1)CC[C@H](c1cccc(F)c1)C2)N1CCN(c2ccccc2F)CC1. The van der Waals surface area contributed by atoms with E-state index >= 15 is 0 Å². The van der Waals surface area contributed by atoms with Crippen molar-refractivity contribution in [1.82, 2.24) is 14.5 Å². The van der Waals surface area contributed by atoms with Gasteiger partial charge >= 0.3 is 0 Å². The first kappa shape index (κ1) is 19.7. The van der Waals surface area contributed by atoms with E-state index in [0.29, 0.717) is 44.1 Å². The number of hydrogen-bond donors (Lipinski definition) is 0. The molecule has 1 amide bonds. The Labute approximate surface area is 179 Å². The van der Waals surface area contributed by atoms with Crippen molar-refractivity contribution < 1.29 is 13.6 Å². The van der Waals surface area contributed by atoms with Crippen molar-refractivity contribution in [3.63, 3.8) is 0 Å². The maximum Gasteiger partial charge on any atom is 0.274 e. The number of piperazine rings is 1. The second-order valence-corrected chi connectivity index (χ2v) is 8.22. The Morgan fingerprint density at radius 2 is 1.81 bits per heavy atom. The summed E-state index contributed by atoms with van der Waals surface area (Å²) in [6.07, 6.45) is 3.47. The third-order valence-electron chi connectivity index (χ3n) is 6.29. The van der Waals surface area contributed by atoms with Crippen LogP contribution in [0.4, 0.5) is 14.5 Å². The minimum Gasteiger partial charge on any atom is -0.366 e. The molecule has 160 valence electrons. The van der Waals surface area contributed by atoms with Crippen molar-refractivity contribution in [2.75, 3.05) is 31.1 Å². The number of rotatable bonds is 3. The fourth-order valence-electron chi connectivity index (χ4n) is 4.60. The van der Waals surface area contributed by atoms with Gasteiger partial charge in [0.05, 0.1) is 5.69 Å². The summed E-state index contributed by atoms with van der Waals surface area (Å²) in [7, 11) is 0. The Morgan fingerprint density at radius 3 is 2.58 bits per heavy atom. The molecule has 2 aromatic carbocycles. The second-order valence-electron chi connectivity index (χ2n) is 8.22. The van der Waals surface area contributed by atoms with Gasteiger partial charge in [-0.15, -0.1) is 0 Å². The molecule has 0 unspecified atom stereocenters. The molecule has 5 rings (SSSR count). The minimum absolute atomic E-state index is 0.0858. The molecule has 2 aliphatic rings. The molecule has 31 heavy (non-hydrogen) atoms. The van der Waals surface area contributed by atoms with Crippen LogP contribution in [0.15, 0.2) is 54.7 Å². The molecule has 5 nitrogen and oxygen atoms in total. The molecule has 2 aliphatic heterocycles. The number of benzene rings is 2. The zero-order valence-corrected chi connectivity index (χ0v) is 17.2. The zero-order chi connectivity index (χ0) is 21.4. The fourth-order valence-corrected chi connectivity index (χ4v) is 4.60. The first-order valence-electron chi connectivity index (χ1n) is 10.7. The number of imidazole rings is 1. The third kappa shape index (κ3) is 3.92. The van der Waals surface area contributed by atoms with E-state index in [1.165, 1.54) is 12.1 Å². The number of amides is 1. The number of aromatic nitrogens is 2. The van der Waals surface area contributed by atoms with Crippen LogP contribution < -0.4 is 4.90 Å². The number of anilines is 1. The number of hydrogen-bond acceptors (Lipinski definition) is 3. The van der Waals surface area contributed by atoms with E-state index in [1.54, 1.807) is 29.2 Å². The van der Waals surface area contributed by atoms with Crippen LogP contribution in [-0.4, -0.2) is 46.5 Å². The average molecular weight is 422 g/mol. The van der Waals surface area contributed by atoms with Crippen LogP contribution in [-0.2, 0) is 13.0 Å². The summed E-state index contributed by atoms with van der Waals surface area (Å²) in [6.45, 7) is 2.92. The fraction of sp³-hybridized carbons (Fsp3) is 0.333. The number of nitrogens with zero attached hydrogens (tertiary/aromatic N) is 4. The van der Waals surface area contributed by atoms with Crippen LogP contribution in [0.2, 0.25) is 0 Å². The van der Waals surface area contributed by atoms with Crippen molar-refractivity contribution in [2.24, 2.45) is 0 Å². The monoisotopic (exact) mass is 422 g/mol. The van der Waals surface area contributed by atoms with Crippen LogP contribution in [0.1, 0.15) is 34.2 Å². The first-order valence-corrected chi connectivity index (χ1v) is 10.7. The minimum atomic E-state index is -0.239. The topological polar surface area (TPSA) is 41.4 Å². The molecule has 0 aliphatic carbocycles. The molecule has 1 saturated heterocycles. The molecule has 0 spiro atoms. The van der Waals surface area contributed by atoms with Crippen molar-refractivity contribution in [3.05, 3.63) is 83.4 Å². The Kier molecular flexibility index (Phi) is 5.18. The highest BCUT2D eigenvalue weighted by molar-refractivity contribution is 5.92. The standard InChI is InChI=1S/C24H24F2N4O/c25-19-5-3-4-17(14-19)18-8-9-23-27-21(16-30(23)15-18)24(31)29-12-10-28(11-13-29)22-7-2-1-6-20(22)26/h1-7,14,16,18H,8-13,15H2/t18-/m0/s1. The third-order valence-corrected chi connectivity index (χ3v) is 6.29. The normalized spacial score (nSPS) is 18.7. The van der Waals surface area contributed by atoms with Crippen molar-refractivity contribution in [3.8, 4) is 0 Å². The molecule has 0 N–H and O–H groups in total. The van der Waals surface area contributed by atoms with Crippen LogP contribution in [0.25, 0.3) is 0 Å². The summed E-state index contributed by atoms with van der Waals surface area (Å²) < 4.78 is 29.7. The number of halogens is 2. The lowest BCUT2D eigenvalue weighted by Crippen LogP contribution is -2.49. The van der Waals surface area contributed by atoms with Crippen molar-refractivity contribution >= 4 is 11.6 Å². The van der Waals surface area contributed by atoms with Gasteiger partial charge in [0.2, 0.25) is 0 Å². The lowest BCUT2D eigenvalue weighted by molar-refractivity contribution is 0.0741. The van der Waals surface area contributed by atoms with Gasteiger partial charge in [0.25, 0.3) is 5.91 Å². The van der Waals surface area contributed by atoms with Crippen LogP contribution in [0, 0.1) is 11.6 Å². The molecule has 3 heterocycles. The van der Waals surface area contributed by atoms with E-state index in [-0.39, 0.29) is 23.5 Å². The Morgan fingerprint density at radius 1 is 1.00 bits per heavy atom. The molecule has 0 saturated carbocycles. The number of fused-ring (bicyclic) bond motifs is 1. The van der Waals surface area contributed by atoms with Crippen LogP contribution >= 0.6 is 0 Å². The van der Waals surface area contributed by atoms with Gasteiger partial charge in [-0.3, -0.25) is 4.79 Å². The van der Waals surface area contributed by atoms with Gasteiger partial charge in [-0.25, -0.2) is 13.8 Å². The molecule has 0 bridgehead atoms. The van der Waals surface area contributed by atoms with E-state index < -0.39 is 0 Å². The highest BCUT2D eigenvalue weighted by atomic mass is 19.1. The number of aryl methyl sites for hydroxylation is 1. The van der Waals surface area contributed by atoms with Crippen molar-refractivity contribution in [2.45, 2.75) is 25.3 Å². The Hall–Kier alpha value is -3.22. The predicted molar refractivity (Wildman–Crippen MR) is 114 cm³/mol. The molecule has 7 heteroatoms. The Bertz CT molecular complexity index is 1100. The summed E-state index contributed by atoms with van der Waals surface area (Å²) in [5.74, 6) is 0.569. The van der Waals surface area contributed by atoms with Crippen molar-refractivity contribution in [1.29, 1.82) is 0 Å². The van der Waals surface area contributed by atoms with Gasteiger partial charge in [-0.05, 0) is 36.2 Å². The van der Waals surface area contributed by atoms with Crippen LogP contribution in [0.5, 0.6) is 0 Å². The number of para-hydroxylation sites is 1. The summed E-state index contributed by atoms with van der Waals surface area (Å²) in [6, 6.07) is 13.5. The largest absolute Gasteiger partial charge is 0.366 e. The van der Waals surface area contributed by atoms with Gasteiger partial charge in [0.15, 0.2) is 0 Å². The van der Waals surface area contributed by atoms with Gasteiger partial charge < -0.3 is 14.4 Å². The summed E-state index contributed by atoms with van der Waals surface area (Å²) >= 11 is 0. The number of carbonyl (C=O) groups excluding carboxylic acids is 1. The molecule has 0 radical (unpaired) electrons. The molecule has 1 fully saturated rings. The van der Waals surface area contributed by atoms with Gasteiger partial charge in [-0.2, -0.15) is 0 Å².